The highest BCUT2D eigenvalue weighted by atomic mass is 19.1. The van der Waals surface area contributed by atoms with Crippen molar-refractivity contribution in [2.24, 2.45) is 5.92 Å². The number of benzene rings is 1. The Morgan fingerprint density at radius 1 is 1.44 bits per heavy atom. The van der Waals surface area contributed by atoms with E-state index >= 15 is 0 Å². The smallest absolute Gasteiger partial charge is 0.307 e. The molecule has 0 fully saturated rings. The SMILES string of the molecule is C[C@H](NCc1ccccc1F)[C@@H](C)C(=O)O. The second kappa shape index (κ2) is 5.61. The van der Waals surface area contributed by atoms with Gasteiger partial charge in [-0.05, 0) is 13.0 Å². The lowest BCUT2D eigenvalue weighted by atomic mass is 10.0. The fourth-order valence-electron chi connectivity index (χ4n) is 1.30. The molecular formula is C12H16FNO2. The van der Waals surface area contributed by atoms with E-state index in [0.717, 1.165) is 0 Å². The van der Waals surface area contributed by atoms with Crippen LogP contribution < -0.4 is 5.32 Å². The van der Waals surface area contributed by atoms with E-state index in [1.54, 1.807) is 32.0 Å². The highest BCUT2D eigenvalue weighted by molar-refractivity contribution is 5.70. The predicted octanol–water partition coefficient (Wildman–Crippen LogP) is 2.02. The zero-order valence-corrected chi connectivity index (χ0v) is 9.40. The average Bonchev–Trinajstić information content (AvgIpc) is 2.26. The molecule has 0 spiro atoms. The maximum atomic E-state index is 13.2. The summed E-state index contributed by atoms with van der Waals surface area (Å²) < 4.78 is 13.2. The minimum atomic E-state index is -0.853. The van der Waals surface area contributed by atoms with Crippen molar-refractivity contribution in [3.63, 3.8) is 0 Å². The molecule has 2 atom stereocenters. The fraction of sp³-hybridized carbons (Fsp3) is 0.417. The van der Waals surface area contributed by atoms with Crippen LogP contribution in [0.4, 0.5) is 4.39 Å². The number of hydrogen-bond acceptors (Lipinski definition) is 2. The number of nitrogens with one attached hydrogen (secondary N) is 1. The summed E-state index contributed by atoms with van der Waals surface area (Å²) in [6.45, 7) is 3.74. The quantitative estimate of drug-likeness (QED) is 0.806. The first-order chi connectivity index (χ1) is 7.52. The first-order valence-electron chi connectivity index (χ1n) is 5.22. The molecule has 0 heterocycles. The number of carboxylic acid groups (broad SMARTS) is 1. The van der Waals surface area contributed by atoms with Crippen molar-refractivity contribution >= 4 is 5.97 Å². The molecule has 0 bridgehead atoms. The normalized spacial score (nSPS) is 14.4. The summed E-state index contributed by atoms with van der Waals surface area (Å²) in [4.78, 5) is 10.7. The van der Waals surface area contributed by atoms with Gasteiger partial charge in [0.05, 0.1) is 5.92 Å². The lowest BCUT2D eigenvalue weighted by Crippen LogP contribution is -2.35. The average molecular weight is 225 g/mol. The topological polar surface area (TPSA) is 49.3 Å². The monoisotopic (exact) mass is 225 g/mol. The molecule has 16 heavy (non-hydrogen) atoms. The van der Waals surface area contributed by atoms with Gasteiger partial charge in [-0.15, -0.1) is 0 Å². The van der Waals surface area contributed by atoms with Gasteiger partial charge in [-0.1, -0.05) is 25.1 Å². The standard InChI is InChI=1S/C12H16FNO2/c1-8(12(15)16)9(2)14-7-10-5-3-4-6-11(10)13/h3-6,8-9,14H,7H2,1-2H3,(H,15,16)/t8-,9+/m1/s1. The molecule has 0 aliphatic heterocycles. The molecule has 1 aromatic rings. The predicted molar refractivity (Wildman–Crippen MR) is 59.5 cm³/mol. The van der Waals surface area contributed by atoms with Gasteiger partial charge in [0.2, 0.25) is 0 Å². The first-order valence-corrected chi connectivity index (χ1v) is 5.22. The third-order valence-corrected chi connectivity index (χ3v) is 2.71. The fourth-order valence-corrected chi connectivity index (χ4v) is 1.30. The molecule has 0 saturated carbocycles. The van der Waals surface area contributed by atoms with E-state index in [2.05, 4.69) is 5.32 Å². The lowest BCUT2D eigenvalue weighted by molar-refractivity contribution is -0.141. The molecule has 0 saturated heterocycles. The van der Waals surface area contributed by atoms with Gasteiger partial charge in [0, 0.05) is 18.2 Å². The van der Waals surface area contributed by atoms with Crippen LogP contribution in [0.1, 0.15) is 19.4 Å². The third kappa shape index (κ3) is 3.31. The molecule has 0 aliphatic rings. The summed E-state index contributed by atoms with van der Waals surface area (Å²) in [5.74, 6) is -1.62. The molecule has 0 radical (unpaired) electrons. The number of carbonyl (C=O) groups is 1. The zero-order valence-electron chi connectivity index (χ0n) is 9.40. The van der Waals surface area contributed by atoms with Crippen LogP contribution in [0.3, 0.4) is 0 Å². The Morgan fingerprint density at radius 2 is 2.06 bits per heavy atom. The van der Waals surface area contributed by atoms with Crippen molar-refractivity contribution in [2.45, 2.75) is 26.4 Å². The molecule has 0 aromatic heterocycles. The minimum absolute atomic E-state index is 0.197. The van der Waals surface area contributed by atoms with Crippen LogP contribution in [0.15, 0.2) is 24.3 Å². The van der Waals surface area contributed by atoms with Crippen LogP contribution >= 0.6 is 0 Å². The van der Waals surface area contributed by atoms with E-state index in [1.165, 1.54) is 6.07 Å². The summed E-state index contributed by atoms with van der Waals surface area (Å²) >= 11 is 0. The van der Waals surface area contributed by atoms with E-state index in [4.69, 9.17) is 5.11 Å². The Hall–Kier alpha value is -1.42. The van der Waals surface area contributed by atoms with Crippen LogP contribution in [-0.2, 0) is 11.3 Å². The van der Waals surface area contributed by atoms with Gasteiger partial charge in [0.15, 0.2) is 0 Å². The van der Waals surface area contributed by atoms with E-state index in [9.17, 15) is 9.18 Å². The summed E-state index contributed by atoms with van der Waals surface area (Å²) in [7, 11) is 0. The number of aliphatic carboxylic acids is 1. The molecule has 2 N–H and O–H groups in total. The molecule has 1 aromatic carbocycles. The molecule has 4 heteroatoms. The lowest BCUT2D eigenvalue weighted by Gasteiger charge is -2.17. The van der Waals surface area contributed by atoms with Crippen LogP contribution in [0.2, 0.25) is 0 Å². The van der Waals surface area contributed by atoms with Gasteiger partial charge in [-0.2, -0.15) is 0 Å². The number of halogens is 1. The van der Waals surface area contributed by atoms with Gasteiger partial charge in [0.1, 0.15) is 5.82 Å². The first kappa shape index (κ1) is 12.6. The van der Waals surface area contributed by atoms with Gasteiger partial charge in [0.25, 0.3) is 0 Å². The van der Waals surface area contributed by atoms with Crippen LogP contribution in [0.25, 0.3) is 0 Å². The van der Waals surface area contributed by atoms with Gasteiger partial charge in [-0.3, -0.25) is 4.79 Å². The number of hydrogen-bond donors (Lipinski definition) is 2. The highest BCUT2D eigenvalue weighted by Gasteiger charge is 2.18. The Balaban J connectivity index is 2.52. The van der Waals surface area contributed by atoms with Crippen molar-refractivity contribution in [2.75, 3.05) is 0 Å². The van der Waals surface area contributed by atoms with Gasteiger partial charge < -0.3 is 10.4 Å². The third-order valence-electron chi connectivity index (χ3n) is 2.71. The summed E-state index contributed by atoms with van der Waals surface area (Å²) in [6.07, 6.45) is 0. The highest BCUT2D eigenvalue weighted by Crippen LogP contribution is 2.08. The molecule has 3 nitrogen and oxygen atoms in total. The van der Waals surface area contributed by atoms with Crippen LogP contribution in [0, 0.1) is 11.7 Å². The Morgan fingerprint density at radius 3 is 2.62 bits per heavy atom. The summed E-state index contributed by atoms with van der Waals surface area (Å²) in [6, 6.07) is 6.26. The van der Waals surface area contributed by atoms with Crippen molar-refractivity contribution in [3.05, 3.63) is 35.6 Å². The minimum Gasteiger partial charge on any atom is -0.481 e. The van der Waals surface area contributed by atoms with Crippen LogP contribution in [-0.4, -0.2) is 17.1 Å². The molecule has 0 unspecified atom stereocenters. The Bertz CT molecular complexity index is 368. The molecule has 0 aliphatic carbocycles. The molecule has 1 rings (SSSR count). The second-order valence-electron chi connectivity index (χ2n) is 3.89. The Labute approximate surface area is 94.3 Å². The van der Waals surface area contributed by atoms with E-state index in [1.807, 2.05) is 0 Å². The zero-order chi connectivity index (χ0) is 12.1. The largest absolute Gasteiger partial charge is 0.481 e. The molecule has 88 valence electrons. The number of rotatable bonds is 5. The van der Waals surface area contributed by atoms with Crippen molar-refractivity contribution in [1.29, 1.82) is 0 Å². The molecular weight excluding hydrogens is 209 g/mol. The van der Waals surface area contributed by atoms with E-state index in [0.29, 0.717) is 12.1 Å². The van der Waals surface area contributed by atoms with Crippen molar-refractivity contribution < 1.29 is 14.3 Å². The van der Waals surface area contributed by atoms with Crippen molar-refractivity contribution in [1.82, 2.24) is 5.32 Å². The van der Waals surface area contributed by atoms with E-state index in [-0.39, 0.29) is 11.9 Å². The summed E-state index contributed by atoms with van der Waals surface area (Å²) in [5.41, 5.74) is 0.548. The maximum Gasteiger partial charge on any atom is 0.307 e. The van der Waals surface area contributed by atoms with Gasteiger partial charge in [-0.25, -0.2) is 4.39 Å². The summed E-state index contributed by atoms with van der Waals surface area (Å²) in [5, 5.41) is 11.8. The Kier molecular flexibility index (Phi) is 4.43. The number of carboxylic acids is 1. The van der Waals surface area contributed by atoms with Crippen LogP contribution in [0.5, 0.6) is 0 Å². The van der Waals surface area contributed by atoms with E-state index < -0.39 is 11.9 Å². The van der Waals surface area contributed by atoms with Crippen molar-refractivity contribution in [3.8, 4) is 0 Å². The van der Waals surface area contributed by atoms with Gasteiger partial charge >= 0.3 is 5.97 Å². The maximum absolute atomic E-state index is 13.2. The second-order valence-corrected chi connectivity index (χ2v) is 3.89. The molecule has 0 amide bonds.